The highest BCUT2D eigenvalue weighted by molar-refractivity contribution is 5.87. The van der Waals surface area contributed by atoms with Gasteiger partial charge in [-0.3, -0.25) is 4.79 Å². The lowest BCUT2D eigenvalue weighted by Crippen LogP contribution is -2.47. The number of para-hydroxylation sites is 1. The summed E-state index contributed by atoms with van der Waals surface area (Å²) in [6.45, 7) is 6.10. The van der Waals surface area contributed by atoms with Gasteiger partial charge in [-0.05, 0) is 24.6 Å². The van der Waals surface area contributed by atoms with Crippen molar-refractivity contribution in [1.29, 1.82) is 0 Å². The summed E-state index contributed by atoms with van der Waals surface area (Å²) in [7, 11) is 0. The van der Waals surface area contributed by atoms with E-state index in [1.54, 1.807) is 6.20 Å². The summed E-state index contributed by atoms with van der Waals surface area (Å²) in [5.41, 5.74) is 3.52. The molecule has 8 nitrogen and oxygen atoms in total. The van der Waals surface area contributed by atoms with Crippen LogP contribution >= 0.6 is 0 Å². The maximum absolute atomic E-state index is 12.2. The number of benzene rings is 1. The summed E-state index contributed by atoms with van der Waals surface area (Å²) in [6.07, 6.45) is 1.22. The average molecular weight is 395 g/mol. The lowest BCUT2D eigenvalue weighted by atomic mass is 10.1. The van der Waals surface area contributed by atoms with Crippen LogP contribution in [0.1, 0.15) is 11.1 Å². The molecule has 1 atom stereocenters. The number of carbonyl (C=O) groups is 2. The molecule has 0 radical (unpaired) electrons. The molecule has 2 aliphatic heterocycles. The number of carbonyl (C=O) groups excluding carboxylic acids is 2. The zero-order valence-corrected chi connectivity index (χ0v) is 16.4. The number of nitrogens with one attached hydrogen (secondary N) is 2. The van der Waals surface area contributed by atoms with Crippen LogP contribution in [0.15, 0.2) is 42.6 Å². The molecule has 0 saturated carbocycles. The molecular formula is C21H25N5O3. The van der Waals surface area contributed by atoms with E-state index in [1.807, 2.05) is 12.1 Å². The fourth-order valence-electron chi connectivity index (χ4n) is 3.76. The molecule has 2 N–H and O–H groups in total. The van der Waals surface area contributed by atoms with Crippen molar-refractivity contribution >= 4 is 23.5 Å². The number of anilines is 2. The molecule has 0 unspecified atom stereocenters. The Hall–Kier alpha value is -3.29. The number of hydrogen-bond acceptors (Lipinski definition) is 6. The van der Waals surface area contributed by atoms with Crippen LogP contribution in [0, 0.1) is 6.92 Å². The molecule has 8 heteroatoms. The van der Waals surface area contributed by atoms with Crippen LogP contribution in [-0.4, -0.2) is 55.8 Å². The van der Waals surface area contributed by atoms with E-state index < -0.39 is 12.1 Å². The van der Waals surface area contributed by atoms with Gasteiger partial charge >= 0.3 is 6.09 Å². The lowest BCUT2D eigenvalue weighted by molar-refractivity contribution is -0.122. The van der Waals surface area contributed by atoms with Gasteiger partial charge in [-0.15, -0.1) is 0 Å². The summed E-state index contributed by atoms with van der Waals surface area (Å²) in [5, 5.41) is 5.36. The molecule has 0 bridgehead atoms. The second kappa shape index (κ2) is 8.38. The second-order valence-corrected chi connectivity index (χ2v) is 7.26. The standard InChI is InChI=1S/C21H25N5O3/c1-15-5-2-3-7-18(15)25-9-11-26(12-10-25)19-16(6-4-8-22-19)13-23-20(27)17-14-29-21(28)24-17/h2-8,17H,9-14H2,1H3,(H,23,27)(H,24,28)/t17-/m0/s1. The van der Waals surface area contributed by atoms with Crippen LogP contribution in [0.3, 0.4) is 0 Å². The number of nitrogens with zero attached hydrogens (tertiary/aromatic N) is 3. The Labute approximate surface area is 169 Å². The number of pyridine rings is 1. The van der Waals surface area contributed by atoms with Gasteiger partial charge in [0, 0.05) is 50.2 Å². The van der Waals surface area contributed by atoms with Gasteiger partial charge in [0.1, 0.15) is 18.5 Å². The summed E-state index contributed by atoms with van der Waals surface area (Å²) >= 11 is 0. The fourth-order valence-corrected chi connectivity index (χ4v) is 3.76. The van der Waals surface area contributed by atoms with Crippen molar-refractivity contribution in [3.05, 3.63) is 53.7 Å². The Bertz CT molecular complexity index is 895. The highest BCUT2D eigenvalue weighted by atomic mass is 16.6. The van der Waals surface area contributed by atoms with E-state index in [0.717, 1.165) is 37.6 Å². The van der Waals surface area contributed by atoms with E-state index in [9.17, 15) is 9.59 Å². The first-order valence-electron chi connectivity index (χ1n) is 9.82. The molecular weight excluding hydrogens is 370 g/mol. The number of aryl methyl sites for hydroxylation is 1. The minimum atomic E-state index is -0.639. The largest absolute Gasteiger partial charge is 0.447 e. The summed E-state index contributed by atoms with van der Waals surface area (Å²) in [6, 6.07) is 11.6. The molecule has 2 amide bonds. The number of alkyl carbamates (subject to hydrolysis) is 1. The van der Waals surface area contributed by atoms with Crippen LogP contribution in [-0.2, 0) is 16.1 Å². The predicted octanol–water partition coefficient (Wildman–Crippen LogP) is 1.44. The third kappa shape index (κ3) is 4.26. The number of amides is 2. The number of rotatable bonds is 5. The maximum atomic E-state index is 12.2. The number of aromatic nitrogens is 1. The molecule has 0 aliphatic carbocycles. The third-order valence-corrected chi connectivity index (χ3v) is 5.35. The highest BCUT2D eigenvalue weighted by Crippen LogP contribution is 2.24. The zero-order valence-electron chi connectivity index (χ0n) is 16.4. The van der Waals surface area contributed by atoms with E-state index in [-0.39, 0.29) is 12.5 Å². The highest BCUT2D eigenvalue weighted by Gasteiger charge is 2.29. The molecule has 2 aromatic rings. The zero-order chi connectivity index (χ0) is 20.2. The molecule has 0 spiro atoms. The molecule has 152 valence electrons. The molecule has 1 aromatic carbocycles. The molecule has 2 fully saturated rings. The van der Waals surface area contributed by atoms with Gasteiger partial charge in [-0.25, -0.2) is 9.78 Å². The summed E-state index contributed by atoms with van der Waals surface area (Å²) in [4.78, 5) is 32.6. The fraction of sp³-hybridized carbons (Fsp3) is 0.381. The summed E-state index contributed by atoms with van der Waals surface area (Å²) < 4.78 is 4.78. The first kappa shape index (κ1) is 19.0. The molecule has 4 rings (SSSR count). The van der Waals surface area contributed by atoms with Crippen molar-refractivity contribution in [3.8, 4) is 0 Å². The lowest BCUT2D eigenvalue weighted by Gasteiger charge is -2.38. The van der Waals surface area contributed by atoms with Gasteiger partial charge in [-0.2, -0.15) is 0 Å². The first-order valence-corrected chi connectivity index (χ1v) is 9.82. The van der Waals surface area contributed by atoms with E-state index >= 15 is 0 Å². The monoisotopic (exact) mass is 395 g/mol. The minimum Gasteiger partial charge on any atom is -0.447 e. The molecule has 3 heterocycles. The molecule has 2 saturated heterocycles. The first-order chi connectivity index (χ1) is 14.1. The molecule has 29 heavy (non-hydrogen) atoms. The smallest absolute Gasteiger partial charge is 0.407 e. The predicted molar refractivity (Wildman–Crippen MR) is 110 cm³/mol. The van der Waals surface area contributed by atoms with Crippen molar-refractivity contribution in [2.75, 3.05) is 42.6 Å². The summed E-state index contributed by atoms with van der Waals surface area (Å²) in [5.74, 6) is 0.638. The number of hydrogen-bond donors (Lipinski definition) is 2. The van der Waals surface area contributed by atoms with Crippen molar-refractivity contribution in [2.45, 2.75) is 19.5 Å². The van der Waals surface area contributed by atoms with Gasteiger partial charge in [-0.1, -0.05) is 24.3 Å². The number of ether oxygens (including phenoxy) is 1. The van der Waals surface area contributed by atoms with E-state index in [0.29, 0.717) is 6.54 Å². The van der Waals surface area contributed by atoms with Gasteiger partial charge in [0.05, 0.1) is 0 Å². The van der Waals surface area contributed by atoms with Crippen LogP contribution in [0.2, 0.25) is 0 Å². The van der Waals surface area contributed by atoms with Gasteiger partial charge < -0.3 is 25.2 Å². The Kier molecular flexibility index (Phi) is 5.50. The minimum absolute atomic E-state index is 0.0609. The van der Waals surface area contributed by atoms with Crippen molar-refractivity contribution in [3.63, 3.8) is 0 Å². The SMILES string of the molecule is Cc1ccccc1N1CCN(c2ncccc2CNC(=O)[C@@H]2COC(=O)N2)CC1. The van der Waals surface area contributed by atoms with E-state index in [4.69, 9.17) is 4.74 Å². The number of cyclic esters (lactones) is 1. The number of piperazine rings is 1. The van der Waals surface area contributed by atoms with Gasteiger partial charge in [0.2, 0.25) is 5.91 Å². The van der Waals surface area contributed by atoms with E-state index in [2.05, 4.69) is 56.6 Å². The van der Waals surface area contributed by atoms with Crippen molar-refractivity contribution in [2.24, 2.45) is 0 Å². The second-order valence-electron chi connectivity index (χ2n) is 7.26. The Morgan fingerprint density at radius 2 is 1.93 bits per heavy atom. The van der Waals surface area contributed by atoms with Gasteiger partial charge in [0.15, 0.2) is 0 Å². The quantitative estimate of drug-likeness (QED) is 0.797. The van der Waals surface area contributed by atoms with Gasteiger partial charge in [0.25, 0.3) is 0 Å². The van der Waals surface area contributed by atoms with Crippen LogP contribution in [0.4, 0.5) is 16.3 Å². The maximum Gasteiger partial charge on any atom is 0.407 e. The van der Waals surface area contributed by atoms with Crippen LogP contribution in [0.25, 0.3) is 0 Å². The molecule has 1 aromatic heterocycles. The average Bonchev–Trinajstić information content (AvgIpc) is 3.19. The molecule has 2 aliphatic rings. The topological polar surface area (TPSA) is 86.8 Å². The Morgan fingerprint density at radius 3 is 2.66 bits per heavy atom. The van der Waals surface area contributed by atoms with Crippen molar-refractivity contribution in [1.82, 2.24) is 15.6 Å². The van der Waals surface area contributed by atoms with Crippen LogP contribution in [0.5, 0.6) is 0 Å². The normalized spacial score (nSPS) is 18.9. The van der Waals surface area contributed by atoms with Crippen LogP contribution < -0.4 is 20.4 Å². The Morgan fingerprint density at radius 1 is 1.17 bits per heavy atom. The van der Waals surface area contributed by atoms with Crippen molar-refractivity contribution < 1.29 is 14.3 Å². The van der Waals surface area contributed by atoms with E-state index in [1.165, 1.54) is 11.3 Å². The third-order valence-electron chi connectivity index (χ3n) is 5.35. The Balaban J connectivity index is 1.38.